The summed E-state index contributed by atoms with van der Waals surface area (Å²) in [6.07, 6.45) is 3.57. The molecular weight excluding hydrogens is 252 g/mol. The molecule has 0 atom stereocenters. The maximum atomic E-state index is 10.9. The average Bonchev–Trinajstić information content (AvgIpc) is 2.39. The van der Waals surface area contributed by atoms with Crippen molar-refractivity contribution in [3.8, 4) is 11.4 Å². The number of nitrogens with two attached hydrogens (primary N) is 1. The molecule has 0 spiro atoms. The van der Waals surface area contributed by atoms with Crippen molar-refractivity contribution < 1.29 is 26.5 Å². The van der Waals surface area contributed by atoms with E-state index in [0.29, 0.717) is 5.56 Å². The van der Waals surface area contributed by atoms with E-state index in [-0.39, 0.29) is 12.4 Å². The van der Waals surface area contributed by atoms with Gasteiger partial charge >= 0.3 is 0 Å². The lowest BCUT2D eigenvalue weighted by atomic mass is 10.2. The second kappa shape index (κ2) is 6.02. The molecule has 1 heterocycles. The van der Waals surface area contributed by atoms with Gasteiger partial charge in [-0.05, 0) is 6.07 Å². The highest BCUT2D eigenvalue weighted by Crippen LogP contribution is 2.12. The van der Waals surface area contributed by atoms with Crippen molar-refractivity contribution in [1.29, 1.82) is 0 Å². The SMILES string of the molecule is COc1cccc(-[n+]2ccc(C(N)=O)cc2)c1.[Cl-]. The number of hydrogen-bond acceptors (Lipinski definition) is 2. The van der Waals surface area contributed by atoms with Crippen LogP contribution in [0.2, 0.25) is 0 Å². The molecule has 0 bridgehead atoms. The van der Waals surface area contributed by atoms with Crippen molar-refractivity contribution in [2.24, 2.45) is 5.73 Å². The number of nitrogens with zero attached hydrogens (tertiary/aromatic N) is 1. The lowest BCUT2D eigenvalue weighted by Gasteiger charge is -2.00. The third-order valence-electron chi connectivity index (χ3n) is 2.47. The van der Waals surface area contributed by atoms with E-state index in [4.69, 9.17) is 10.5 Å². The van der Waals surface area contributed by atoms with Crippen LogP contribution in [0.3, 0.4) is 0 Å². The highest BCUT2D eigenvalue weighted by Gasteiger charge is 2.08. The standard InChI is InChI=1S/C13H12N2O2.ClH/c1-17-12-4-2-3-11(9-12)15-7-5-10(6-8-15)13(14)16;/h2-9H,1H3,(H-,14,16);1H. The Kier molecular flexibility index (Phi) is 4.68. The van der Waals surface area contributed by atoms with E-state index >= 15 is 0 Å². The number of primary amides is 1. The van der Waals surface area contributed by atoms with Crippen LogP contribution in [0.1, 0.15) is 10.4 Å². The van der Waals surface area contributed by atoms with Crippen LogP contribution in [0.15, 0.2) is 48.8 Å². The number of hydrogen-bond donors (Lipinski definition) is 1. The van der Waals surface area contributed by atoms with Crippen molar-refractivity contribution in [3.63, 3.8) is 0 Å². The first kappa shape index (κ1) is 14.0. The van der Waals surface area contributed by atoms with Crippen molar-refractivity contribution in [2.45, 2.75) is 0 Å². The molecule has 1 aromatic heterocycles. The maximum Gasteiger partial charge on any atom is 0.249 e. The summed E-state index contributed by atoms with van der Waals surface area (Å²) in [5.41, 5.74) is 6.63. The third kappa shape index (κ3) is 2.99. The van der Waals surface area contributed by atoms with Gasteiger partial charge in [0.25, 0.3) is 0 Å². The van der Waals surface area contributed by atoms with Crippen LogP contribution in [-0.2, 0) is 0 Å². The summed E-state index contributed by atoms with van der Waals surface area (Å²) in [5, 5.41) is 0. The average molecular weight is 265 g/mol. The van der Waals surface area contributed by atoms with Gasteiger partial charge < -0.3 is 22.9 Å². The van der Waals surface area contributed by atoms with Gasteiger partial charge in [-0.2, -0.15) is 4.57 Å². The molecule has 0 unspecified atom stereocenters. The number of rotatable bonds is 3. The van der Waals surface area contributed by atoms with Gasteiger partial charge in [-0.3, -0.25) is 4.79 Å². The fraction of sp³-hybridized carbons (Fsp3) is 0.0769. The quantitative estimate of drug-likeness (QED) is 0.657. The van der Waals surface area contributed by atoms with Crippen LogP contribution in [0.25, 0.3) is 5.69 Å². The van der Waals surface area contributed by atoms with E-state index in [9.17, 15) is 4.79 Å². The summed E-state index contributed by atoms with van der Waals surface area (Å²) in [6.45, 7) is 0. The summed E-state index contributed by atoms with van der Waals surface area (Å²) in [5.74, 6) is 0.358. The van der Waals surface area contributed by atoms with Gasteiger partial charge in [0.05, 0.1) is 18.7 Å². The number of aromatic nitrogens is 1. The molecule has 0 saturated carbocycles. The van der Waals surface area contributed by atoms with Crippen LogP contribution >= 0.6 is 0 Å². The highest BCUT2D eigenvalue weighted by molar-refractivity contribution is 5.92. The molecule has 0 aliphatic rings. The molecule has 0 aliphatic heterocycles. The van der Waals surface area contributed by atoms with Gasteiger partial charge in [0.2, 0.25) is 11.6 Å². The van der Waals surface area contributed by atoms with E-state index in [0.717, 1.165) is 11.4 Å². The van der Waals surface area contributed by atoms with Crippen molar-refractivity contribution in [3.05, 3.63) is 54.4 Å². The molecule has 2 N–H and O–H groups in total. The molecule has 2 rings (SSSR count). The van der Waals surface area contributed by atoms with Gasteiger partial charge in [-0.25, -0.2) is 0 Å². The maximum absolute atomic E-state index is 10.9. The molecule has 4 nitrogen and oxygen atoms in total. The van der Waals surface area contributed by atoms with E-state index in [1.165, 1.54) is 0 Å². The van der Waals surface area contributed by atoms with Crippen molar-refractivity contribution >= 4 is 5.91 Å². The zero-order chi connectivity index (χ0) is 12.3. The summed E-state index contributed by atoms with van der Waals surface area (Å²) >= 11 is 0. The molecule has 1 amide bonds. The Morgan fingerprint density at radius 1 is 1.22 bits per heavy atom. The molecule has 0 radical (unpaired) electrons. The predicted octanol–water partition coefficient (Wildman–Crippen LogP) is -1.93. The number of methoxy groups -OCH3 is 1. The van der Waals surface area contributed by atoms with Gasteiger partial charge in [0.1, 0.15) is 5.75 Å². The normalized spacial score (nSPS) is 9.39. The highest BCUT2D eigenvalue weighted by atomic mass is 35.5. The lowest BCUT2D eigenvalue weighted by molar-refractivity contribution is -0.595. The van der Waals surface area contributed by atoms with Gasteiger partial charge in [-0.1, -0.05) is 6.07 Å². The summed E-state index contributed by atoms with van der Waals surface area (Å²) in [7, 11) is 1.62. The number of ether oxygens (including phenoxy) is 1. The van der Waals surface area contributed by atoms with E-state index in [1.54, 1.807) is 31.6 Å². The first-order valence-corrected chi connectivity index (χ1v) is 5.16. The Bertz CT molecular complexity index is 541. The predicted molar refractivity (Wildman–Crippen MR) is 63.0 cm³/mol. The molecule has 2 aromatic rings. The summed E-state index contributed by atoms with van der Waals surface area (Å²) < 4.78 is 7.03. The molecule has 1 aromatic carbocycles. The molecular formula is C13H13ClN2O2. The smallest absolute Gasteiger partial charge is 0.249 e. The monoisotopic (exact) mass is 264 g/mol. The van der Waals surface area contributed by atoms with Crippen LogP contribution < -0.4 is 27.4 Å². The van der Waals surface area contributed by atoms with E-state index in [2.05, 4.69) is 0 Å². The zero-order valence-corrected chi connectivity index (χ0v) is 10.6. The van der Waals surface area contributed by atoms with E-state index in [1.807, 2.05) is 28.8 Å². The largest absolute Gasteiger partial charge is 1.00 e. The number of carbonyl (C=O) groups excluding carboxylic acids is 1. The Morgan fingerprint density at radius 3 is 2.44 bits per heavy atom. The fourth-order valence-corrected chi connectivity index (χ4v) is 1.53. The Morgan fingerprint density at radius 2 is 1.89 bits per heavy atom. The van der Waals surface area contributed by atoms with Crippen LogP contribution in [0, 0.1) is 0 Å². The second-order valence-electron chi connectivity index (χ2n) is 3.56. The lowest BCUT2D eigenvalue weighted by Crippen LogP contribution is -3.00. The number of carbonyl (C=O) groups is 1. The summed E-state index contributed by atoms with van der Waals surface area (Å²) in [4.78, 5) is 10.9. The molecule has 5 heteroatoms. The number of benzene rings is 1. The Balaban J connectivity index is 0.00000162. The Hall–Kier alpha value is -2.07. The molecule has 94 valence electrons. The van der Waals surface area contributed by atoms with Crippen LogP contribution in [0.5, 0.6) is 5.75 Å². The topological polar surface area (TPSA) is 56.2 Å². The minimum atomic E-state index is -0.428. The van der Waals surface area contributed by atoms with Crippen molar-refractivity contribution in [1.82, 2.24) is 0 Å². The summed E-state index contributed by atoms with van der Waals surface area (Å²) in [6, 6.07) is 11.0. The van der Waals surface area contributed by atoms with Crippen LogP contribution in [0.4, 0.5) is 0 Å². The van der Waals surface area contributed by atoms with E-state index < -0.39 is 5.91 Å². The number of pyridine rings is 1. The Labute approximate surface area is 111 Å². The molecule has 0 fully saturated rings. The van der Waals surface area contributed by atoms with Gasteiger partial charge in [0.15, 0.2) is 12.4 Å². The van der Waals surface area contributed by atoms with Gasteiger partial charge in [-0.15, -0.1) is 0 Å². The number of halogens is 1. The van der Waals surface area contributed by atoms with Crippen LogP contribution in [-0.4, -0.2) is 13.0 Å². The van der Waals surface area contributed by atoms with Crippen molar-refractivity contribution in [2.75, 3.05) is 7.11 Å². The third-order valence-corrected chi connectivity index (χ3v) is 2.47. The molecule has 18 heavy (non-hydrogen) atoms. The first-order valence-electron chi connectivity index (χ1n) is 5.16. The minimum absolute atomic E-state index is 0. The fourth-order valence-electron chi connectivity index (χ4n) is 1.53. The zero-order valence-electron chi connectivity index (χ0n) is 9.84. The van der Waals surface area contributed by atoms with Gasteiger partial charge in [0, 0.05) is 18.2 Å². The minimum Gasteiger partial charge on any atom is -1.00 e. The molecule has 0 aliphatic carbocycles. The first-order chi connectivity index (χ1) is 8.20. The second-order valence-corrected chi connectivity index (χ2v) is 3.56. The molecule has 0 saturated heterocycles. The number of amides is 1.